The smallest absolute Gasteiger partial charge is 0.404 e. The molecule has 1 aromatic heterocycles. The fraction of sp³-hybridized carbons (Fsp3) is 0.417. The highest BCUT2D eigenvalue weighted by Gasteiger charge is 2.22. The lowest BCUT2D eigenvalue weighted by molar-refractivity contribution is 0.188. The molecular formula is C12H14N4O2S. The number of carboxylic acid groups (broad SMARTS) is 1. The van der Waals surface area contributed by atoms with Crippen LogP contribution in [-0.4, -0.2) is 40.5 Å². The van der Waals surface area contributed by atoms with E-state index in [2.05, 4.69) is 37.6 Å². The van der Waals surface area contributed by atoms with Gasteiger partial charge in [-0.25, -0.2) is 4.79 Å². The summed E-state index contributed by atoms with van der Waals surface area (Å²) in [4.78, 5) is 20.9. The topological polar surface area (TPSA) is 77.8 Å². The number of amides is 1. The summed E-state index contributed by atoms with van der Waals surface area (Å²) in [5.74, 6) is 0. The van der Waals surface area contributed by atoms with Gasteiger partial charge < -0.3 is 15.3 Å². The summed E-state index contributed by atoms with van der Waals surface area (Å²) in [6.07, 6.45) is 4.13. The predicted octanol–water partition coefficient (Wildman–Crippen LogP) is 2.05. The van der Waals surface area contributed by atoms with Crippen LogP contribution in [0.3, 0.4) is 0 Å². The van der Waals surface area contributed by atoms with Crippen molar-refractivity contribution in [3.05, 3.63) is 18.5 Å². The van der Waals surface area contributed by atoms with Crippen molar-refractivity contribution in [3.8, 4) is 0 Å². The maximum atomic E-state index is 10.7. The first-order valence-electron chi connectivity index (χ1n) is 5.97. The highest BCUT2D eigenvalue weighted by molar-refractivity contribution is 7.78. The van der Waals surface area contributed by atoms with Crippen molar-refractivity contribution < 1.29 is 9.90 Å². The van der Waals surface area contributed by atoms with E-state index in [0.717, 1.165) is 25.1 Å². The molecule has 0 bridgehead atoms. The number of isothiocyanates is 1. The Morgan fingerprint density at radius 3 is 3.26 bits per heavy atom. The third kappa shape index (κ3) is 3.49. The van der Waals surface area contributed by atoms with Crippen LogP contribution < -0.4 is 10.2 Å². The summed E-state index contributed by atoms with van der Waals surface area (Å²) in [6, 6.07) is 1.69. The van der Waals surface area contributed by atoms with Gasteiger partial charge in [-0.15, -0.1) is 0 Å². The van der Waals surface area contributed by atoms with Crippen molar-refractivity contribution in [2.75, 3.05) is 18.0 Å². The second kappa shape index (κ2) is 6.26. The van der Waals surface area contributed by atoms with E-state index < -0.39 is 6.09 Å². The summed E-state index contributed by atoms with van der Waals surface area (Å²) >= 11 is 4.63. The number of nitrogens with one attached hydrogen (secondary N) is 1. The lowest BCUT2D eigenvalue weighted by Crippen LogP contribution is -2.47. The highest BCUT2D eigenvalue weighted by atomic mass is 32.1. The van der Waals surface area contributed by atoms with Crippen LogP contribution in [0.1, 0.15) is 12.8 Å². The van der Waals surface area contributed by atoms with Gasteiger partial charge in [-0.2, -0.15) is 4.99 Å². The van der Waals surface area contributed by atoms with Crippen molar-refractivity contribution in [2.24, 2.45) is 4.99 Å². The third-order valence-corrected chi connectivity index (χ3v) is 3.12. The monoisotopic (exact) mass is 278 g/mol. The molecule has 100 valence electrons. The number of hydrogen-bond donors (Lipinski definition) is 2. The zero-order chi connectivity index (χ0) is 13.7. The van der Waals surface area contributed by atoms with Crippen molar-refractivity contribution in [1.29, 1.82) is 0 Å². The van der Waals surface area contributed by atoms with Crippen LogP contribution in [0.5, 0.6) is 0 Å². The van der Waals surface area contributed by atoms with E-state index in [1.807, 2.05) is 0 Å². The Bertz CT molecular complexity index is 516. The molecular weight excluding hydrogens is 264 g/mol. The van der Waals surface area contributed by atoms with Gasteiger partial charge in [-0.3, -0.25) is 4.98 Å². The van der Waals surface area contributed by atoms with Gasteiger partial charge in [0.05, 0.1) is 17.0 Å². The van der Waals surface area contributed by atoms with Gasteiger partial charge in [0, 0.05) is 25.3 Å². The molecule has 1 aliphatic heterocycles. The van der Waals surface area contributed by atoms with Crippen LogP contribution in [0.15, 0.2) is 23.5 Å². The maximum Gasteiger partial charge on any atom is 0.404 e. The number of pyridine rings is 1. The molecule has 1 aliphatic rings. The Hall–Kier alpha value is -1.98. The molecule has 2 N–H and O–H groups in total. The first kappa shape index (κ1) is 13.5. The minimum Gasteiger partial charge on any atom is -0.465 e. The van der Waals surface area contributed by atoms with Crippen molar-refractivity contribution in [1.82, 2.24) is 10.3 Å². The molecule has 19 heavy (non-hydrogen) atoms. The molecule has 0 spiro atoms. The van der Waals surface area contributed by atoms with E-state index in [1.54, 1.807) is 18.5 Å². The van der Waals surface area contributed by atoms with Gasteiger partial charge in [-0.1, -0.05) is 0 Å². The molecule has 0 radical (unpaired) electrons. The molecule has 0 saturated carbocycles. The minimum atomic E-state index is -0.991. The minimum absolute atomic E-state index is 0.0734. The number of hydrogen-bond acceptors (Lipinski definition) is 5. The summed E-state index contributed by atoms with van der Waals surface area (Å²) < 4.78 is 0. The molecule has 2 rings (SSSR count). The van der Waals surface area contributed by atoms with Gasteiger partial charge in [-0.05, 0) is 31.1 Å². The van der Waals surface area contributed by atoms with Crippen LogP contribution in [0, 0.1) is 0 Å². The standard InChI is InChI=1S/C12H14N4O2S/c17-12(18)15-9-2-1-5-16(7-9)11-6-13-4-3-10(11)14-8-19/h3-4,6,9,15H,1-2,5,7H2,(H,17,18). The maximum absolute atomic E-state index is 10.7. The Kier molecular flexibility index (Phi) is 4.43. The highest BCUT2D eigenvalue weighted by Crippen LogP contribution is 2.29. The molecule has 6 nitrogen and oxygen atoms in total. The number of thiocarbonyl (C=S) groups is 1. The first-order valence-corrected chi connectivity index (χ1v) is 6.38. The quantitative estimate of drug-likeness (QED) is 0.653. The number of anilines is 1. The summed E-state index contributed by atoms with van der Waals surface area (Å²) in [5, 5.41) is 13.6. The molecule has 0 aliphatic carbocycles. The number of rotatable bonds is 3. The van der Waals surface area contributed by atoms with Crippen LogP contribution in [-0.2, 0) is 0 Å². The lowest BCUT2D eigenvalue weighted by atomic mass is 10.1. The molecule has 1 aromatic rings. The molecule has 1 amide bonds. The Balaban J connectivity index is 2.17. The van der Waals surface area contributed by atoms with Crippen molar-refractivity contribution in [3.63, 3.8) is 0 Å². The van der Waals surface area contributed by atoms with Crippen LogP contribution in [0.25, 0.3) is 0 Å². The Morgan fingerprint density at radius 2 is 2.53 bits per heavy atom. The molecule has 1 saturated heterocycles. The lowest BCUT2D eigenvalue weighted by Gasteiger charge is -2.34. The predicted molar refractivity (Wildman–Crippen MR) is 75.3 cm³/mol. The normalized spacial score (nSPS) is 18.5. The SMILES string of the molecule is O=C(O)NC1CCCN(c2cnccc2N=C=S)C1. The van der Waals surface area contributed by atoms with E-state index in [1.165, 1.54) is 0 Å². The van der Waals surface area contributed by atoms with Gasteiger partial charge in [0.2, 0.25) is 0 Å². The van der Waals surface area contributed by atoms with Gasteiger partial charge >= 0.3 is 6.09 Å². The number of aliphatic imine (C=N–C) groups is 1. The second-order valence-corrected chi connectivity index (χ2v) is 4.48. The summed E-state index contributed by atoms with van der Waals surface area (Å²) in [5.41, 5.74) is 1.57. The Morgan fingerprint density at radius 1 is 1.68 bits per heavy atom. The molecule has 0 aromatic carbocycles. The number of nitrogens with zero attached hydrogens (tertiary/aromatic N) is 3. The summed E-state index contributed by atoms with van der Waals surface area (Å²) in [6.45, 7) is 1.46. The first-order chi connectivity index (χ1) is 9.20. The average molecular weight is 278 g/mol. The number of aromatic nitrogens is 1. The molecule has 1 unspecified atom stereocenters. The van der Waals surface area contributed by atoms with Gasteiger partial charge in [0.25, 0.3) is 0 Å². The zero-order valence-electron chi connectivity index (χ0n) is 10.2. The van der Waals surface area contributed by atoms with Gasteiger partial charge in [0.1, 0.15) is 5.69 Å². The fourth-order valence-electron chi connectivity index (χ4n) is 2.25. The molecule has 1 atom stereocenters. The van der Waals surface area contributed by atoms with E-state index >= 15 is 0 Å². The average Bonchev–Trinajstić information content (AvgIpc) is 2.39. The number of piperidine rings is 1. The van der Waals surface area contributed by atoms with Gasteiger partial charge in [0.15, 0.2) is 0 Å². The molecule has 1 fully saturated rings. The van der Waals surface area contributed by atoms with Crippen LogP contribution in [0.4, 0.5) is 16.2 Å². The Labute approximate surface area is 116 Å². The van der Waals surface area contributed by atoms with Crippen molar-refractivity contribution >= 4 is 34.8 Å². The van der Waals surface area contributed by atoms with E-state index in [-0.39, 0.29) is 6.04 Å². The van der Waals surface area contributed by atoms with Crippen LogP contribution in [0.2, 0.25) is 0 Å². The zero-order valence-corrected chi connectivity index (χ0v) is 11.1. The van der Waals surface area contributed by atoms with Crippen molar-refractivity contribution in [2.45, 2.75) is 18.9 Å². The summed E-state index contributed by atoms with van der Waals surface area (Å²) in [7, 11) is 0. The molecule has 2 heterocycles. The fourth-order valence-corrected chi connectivity index (χ4v) is 2.35. The van der Waals surface area contributed by atoms with E-state index in [9.17, 15) is 4.79 Å². The number of carbonyl (C=O) groups is 1. The van der Waals surface area contributed by atoms with E-state index in [4.69, 9.17) is 5.11 Å². The van der Waals surface area contributed by atoms with Crippen LogP contribution >= 0.6 is 12.2 Å². The second-order valence-electron chi connectivity index (χ2n) is 4.30. The molecule has 7 heteroatoms. The van der Waals surface area contributed by atoms with E-state index in [0.29, 0.717) is 12.2 Å². The third-order valence-electron chi connectivity index (χ3n) is 3.03. The largest absolute Gasteiger partial charge is 0.465 e.